The van der Waals surface area contributed by atoms with Gasteiger partial charge in [0.05, 0.1) is 22.3 Å². The van der Waals surface area contributed by atoms with Gasteiger partial charge in [-0.3, -0.25) is 14.7 Å². The maximum atomic E-state index is 12.0. The molecule has 0 aliphatic carbocycles. The average Bonchev–Trinajstić information content (AvgIpc) is 2.97. The van der Waals surface area contributed by atoms with Crippen molar-refractivity contribution in [2.24, 2.45) is 0 Å². The summed E-state index contributed by atoms with van der Waals surface area (Å²) in [6.45, 7) is 0. The highest BCUT2D eigenvalue weighted by molar-refractivity contribution is 6.33. The zero-order valence-corrected chi connectivity index (χ0v) is 10.5. The number of benzene rings is 1. The first kappa shape index (κ1) is 12.4. The van der Waals surface area contributed by atoms with Crippen LogP contribution in [0.2, 0.25) is 5.02 Å². The number of nitrogens with one attached hydrogen (secondary N) is 1. The minimum Gasteiger partial charge on any atom is -0.322 e. The summed E-state index contributed by atoms with van der Waals surface area (Å²) in [4.78, 5) is 40.5. The molecule has 0 saturated heterocycles. The van der Waals surface area contributed by atoms with Gasteiger partial charge in [-0.1, -0.05) is 28.8 Å². The smallest absolute Gasteiger partial charge is 0.322 e. The number of hydrogen-bond acceptors (Lipinski definition) is 5. The molecule has 0 bridgehead atoms. The molecule has 0 spiro atoms. The summed E-state index contributed by atoms with van der Waals surface area (Å²) < 4.78 is 0. The van der Waals surface area contributed by atoms with Crippen LogP contribution in [0.4, 0.5) is 0 Å². The maximum Gasteiger partial charge on any atom is 0.383 e. The Kier molecular flexibility index (Phi) is 2.76. The molecule has 3 rings (SSSR count). The van der Waals surface area contributed by atoms with E-state index in [0.29, 0.717) is 5.06 Å². The molecule has 2 aromatic rings. The molecule has 7 nitrogen and oxygen atoms in total. The number of carbonyl (C=O) groups is 3. The number of hydroxylamine groups is 2. The van der Waals surface area contributed by atoms with Crippen molar-refractivity contribution in [2.75, 3.05) is 0 Å². The van der Waals surface area contributed by atoms with Crippen LogP contribution >= 0.6 is 11.6 Å². The Hall–Kier alpha value is -2.67. The van der Waals surface area contributed by atoms with E-state index >= 15 is 0 Å². The molecule has 1 aliphatic rings. The van der Waals surface area contributed by atoms with Crippen molar-refractivity contribution in [3.63, 3.8) is 0 Å². The van der Waals surface area contributed by atoms with Crippen molar-refractivity contribution in [1.82, 2.24) is 15.3 Å². The second kappa shape index (κ2) is 4.46. The third-order valence-electron chi connectivity index (χ3n) is 2.73. The first-order chi connectivity index (χ1) is 9.59. The number of carbonyl (C=O) groups excluding carboxylic acids is 3. The van der Waals surface area contributed by atoms with Crippen LogP contribution in [-0.4, -0.2) is 33.0 Å². The fraction of sp³-hybridized carbons (Fsp3) is 0. The van der Waals surface area contributed by atoms with Crippen LogP contribution in [0.1, 0.15) is 31.2 Å². The van der Waals surface area contributed by atoms with Gasteiger partial charge in [-0.25, -0.2) is 4.79 Å². The highest BCUT2D eigenvalue weighted by Gasteiger charge is 2.39. The number of imide groups is 1. The molecule has 0 fully saturated rings. The molecule has 0 saturated carbocycles. The summed E-state index contributed by atoms with van der Waals surface area (Å²) in [7, 11) is 0. The lowest BCUT2D eigenvalue weighted by Crippen LogP contribution is -2.32. The minimum atomic E-state index is -0.970. The summed E-state index contributed by atoms with van der Waals surface area (Å²) in [5.74, 6) is -2.37. The highest BCUT2D eigenvalue weighted by atomic mass is 35.5. The molecule has 1 aromatic heterocycles. The van der Waals surface area contributed by atoms with Crippen LogP contribution in [0, 0.1) is 0 Å². The lowest BCUT2D eigenvalue weighted by atomic mass is 10.1. The largest absolute Gasteiger partial charge is 0.383 e. The Morgan fingerprint density at radius 3 is 2.30 bits per heavy atom. The van der Waals surface area contributed by atoms with Gasteiger partial charge < -0.3 is 4.84 Å². The summed E-state index contributed by atoms with van der Waals surface area (Å²) in [5, 5.41) is 6.31. The number of rotatable bonds is 2. The van der Waals surface area contributed by atoms with Gasteiger partial charge in [0.25, 0.3) is 11.8 Å². The number of fused-ring (bicyclic) bond motifs is 1. The van der Waals surface area contributed by atoms with E-state index in [2.05, 4.69) is 10.2 Å². The molecule has 8 heteroatoms. The van der Waals surface area contributed by atoms with Gasteiger partial charge in [0.1, 0.15) is 0 Å². The third-order valence-corrected chi connectivity index (χ3v) is 3.01. The first-order valence-corrected chi connectivity index (χ1v) is 5.86. The van der Waals surface area contributed by atoms with Gasteiger partial charge in [-0.15, -0.1) is 0 Å². The molecule has 1 aliphatic heterocycles. The Morgan fingerprint density at radius 2 is 1.80 bits per heavy atom. The van der Waals surface area contributed by atoms with Crippen molar-refractivity contribution in [3.05, 3.63) is 52.3 Å². The molecule has 0 radical (unpaired) electrons. The van der Waals surface area contributed by atoms with Gasteiger partial charge in [-0.05, 0) is 12.1 Å². The third kappa shape index (κ3) is 1.76. The van der Waals surface area contributed by atoms with E-state index in [9.17, 15) is 14.4 Å². The van der Waals surface area contributed by atoms with Gasteiger partial charge >= 0.3 is 5.97 Å². The van der Waals surface area contributed by atoms with Crippen LogP contribution in [-0.2, 0) is 4.84 Å². The van der Waals surface area contributed by atoms with Crippen LogP contribution in [0.15, 0.2) is 30.5 Å². The second-order valence-electron chi connectivity index (χ2n) is 3.92. The molecule has 0 atom stereocenters. The van der Waals surface area contributed by atoms with E-state index in [-0.39, 0.29) is 21.8 Å². The number of aromatic nitrogens is 2. The Balaban J connectivity index is 1.87. The lowest BCUT2D eigenvalue weighted by molar-refractivity contribution is -0.0588. The maximum absolute atomic E-state index is 12.0. The first-order valence-electron chi connectivity index (χ1n) is 5.48. The normalized spacial score (nSPS) is 13.6. The van der Waals surface area contributed by atoms with Crippen LogP contribution in [0.5, 0.6) is 0 Å². The van der Waals surface area contributed by atoms with E-state index in [1.165, 1.54) is 18.3 Å². The predicted molar refractivity (Wildman–Crippen MR) is 66.0 cm³/mol. The van der Waals surface area contributed by atoms with Crippen molar-refractivity contribution < 1.29 is 19.2 Å². The van der Waals surface area contributed by atoms with Gasteiger partial charge in [0.2, 0.25) is 0 Å². The van der Waals surface area contributed by atoms with Gasteiger partial charge in [0.15, 0.2) is 5.69 Å². The molecular formula is C12H6ClN3O4. The number of amides is 2. The van der Waals surface area contributed by atoms with E-state index in [0.717, 1.165) is 0 Å². The standard InChI is InChI=1S/C12H6ClN3O4/c13-8-5-14-15-9(8)12(19)20-16-10(17)6-3-1-2-4-7(6)11(16)18/h1-5H,(H,14,15). The Labute approximate surface area is 117 Å². The molecule has 2 amide bonds. The topological polar surface area (TPSA) is 92.4 Å². The molecule has 0 unspecified atom stereocenters. The lowest BCUT2D eigenvalue weighted by Gasteiger charge is -2.11. The zero-order valence-electron chi connectivity index (χ0n) is 9.79. The van der Waals surface area contributed by atoms with Crippen LogP contribution in [0.3, 0.4) is 0 Å². The van der Waals surface area contributed by atoms with Crippen molar-refractivity contribution >= 4 is 29.4 Å². The number of aromatic amines is 1. The predicted octanol–water partition coefficient (Wildman–Crippen LogP) is 1.43. The van der Waals surface area contributed by atoms with E-state index in [1.807, 2.05) is 0 Å². The number of H-pyrrole nitrogens is 1. The van der Waals surface area contributed by atoms with Crippen LogP contribution in [0.25, 0.3) is 0 Å². The van der Waals surface area contributed by atoms with Crippen molar-refractivity contribution in [1.29, 1.82) is 0 Å². The average molecular weight is 292 g/mol. The van der Waals surface area contributed by atoms with Crippen molar-refractivity contribution in [2.45, 2.75) is 0 Å². The fourth-order valence-electron chi connectivity index (χ4n) is 1.79. The number of hydrogen-bond donors (Lipinski definition) is 1. The Bertz CT molecular complexity index is 705. The van der Waals surface area contributed by atoms with Crippen LogP contribution < -0.4 is 0 Å². The Morgan fingerprint density at radius 1 is 1.20 bits per heavy atom. The van der Waals surface area contributed by atoms with E-state index in [1.54, 1.807) is 12.1 Å². The second-order valence-corrected chi connectivity index (χ2v) is 4.33. The molecule has 1 aromatic carbocycles. The van der Waals surface area contributed by atoms with Gasteiger partial charge in [0, 0.05) is 0 Å². The molecule has 1 N–H and O–H groups in total. The SMILES string of the molecule is O=C(ON1C(=O)c2ccccc2C1=O)c1[nH]ncc1Cl. The quantitative estimate of drug-likeness (QED) is 0.845. The van der Waals surface area contributed by atoms with E-state index in [4.69, 9.17) is 16.4 Å². The summed E-state index contributed by atoms with van der Waals surface area (Å²) in [6.07, 6.45) is 1.21. The highest BCUT2D eigenvalue weighted by Crippen LogP contribution is 2.23. The number of nitrogens with zero attached hydrogens (tertiary/aromatic N) is 2. The molecule has 2 heterocycles. The number of halogens is 1. The van der Waals surface area contributed by atoms with Gasteiger partial charge in [-0.2, -0.15) is 5.10 Å². The zero-order chi connectivity index (χ0) is 14.3. The fourth-order valence-corrected chi connectivity index (χ4v) is 1.96. The van der Waals surface area contributed by atoms with Crippen molar-refractivity contribution in [3.8, 4) is 0 Å². The molecule has 20 heavy (non-hydrogen) atoms. The molecular weight excluding hydrogens is 286 g/mol. The molecule has 100 valence electrons. The summed E-state index contributed by atoms with van der Waals surface area (Å²) >= 11 is 5.70. The monoisotopic (exact) mass is 291 g/mol. The minimum absolute atomic E-state index is 0.0339. The summed E-state index contributed by atoms with van der Waals surface area (Å²) in [5.41, 5.74) is 0.227. The summed E-state index contributed by atoms with van der Waals surface area (Å²) in [6, 6.07) is 6.18. The van der Waals surface area contributed by atoms with E-state index < -0.39 is 17.8 Å².